The summed E-state index contributed by atoms with van der Waals surface area (Å²) in [6.07, 6.45) is -2.87. The molecule has 0 bridgehead atoms. The fourth-order valence-electron chi connectivity index (χ4n) is 4.64. The number of aromatic nitrogens is 1. The fraction of sp³-hybridized carbons (Fsp3) is 0.346. The van der Waals surface area contributed by atoms with Crippen LogP contribution in [-0.2, 0) is 9.59 Å². The second-order valence-corrected chi connectivity index (χ2v) is 9.54. The zero-order valence-corrected chi connectivity index (χ0v) is 21.1. The second-order valence-electron chi connectivity index (χ2n) is 9.54. The van der Waals surface area contributed by atoms with E-state index in [-0.39, 0.29) is 46.2 Å². The largest absolute Gasteiger partial charge is 0.414 e. The summed E-state index contributed by atoms with van der Waals surface area (Å²) in [5.41, 5.74) is -2.05. The molecule has 9 nitrogen and oxygen atoms in total. The number of pyridine rings is 1. The zero-order chi connectivity index (χ0) is 28.6. The van der Waals surface area contributed by atoms with E-state index >= 15 is 4.39 Å². The molecule has 1 aromatic carbocycles. The van der Waals surface area contributed by atoms with Crippen molar-refractivity contribution in [2.75, 3.05) is 30.4 Å². The van der Waals surface area contributed by atoms with Gasteiger partial charge in [0.05, 0.1) is 16.9 Å². The first-order valence-electron chi connectivity index (χ1n) is 11.9. The Morgan fingerprint density at radius 3 is 2.46 bits per heavy atom. The number of nitrogens with zero attached hydrogens (tertiary/aromatic N) is 4. The van der Waals surface area contributed by atoms with Crippen LogP contribution < -0.4 is 15.8 Å². The average molecular weight is 545 g/mol. The van der Waals surface area contributed by atoms with Gasteiger partial charge in [-0.3, -0.25) is 19.3 Å². The Balaban J connectivity index is 1.81. The van der Waals surface area contributed by atoms with Crippen LogP contribution in [0.1, 0.15) is 19.4 Å². The van der Waals surface area contributed by atoms with Crippen LogP contribution in [0.2, 0.25) is 0 Å². The molecule has 2 N–H and O–H groups in total. The predicted octanol–water partition coefficient (Wildman–Crippen LogP) is 3.24. The number of carbonyl (C=O) groups excluding carboxylic acids is 2. The first-order valence-corrected chi connectivity index (χ1v) is 11.9. The van der Waals surface area contributed by atoms with Crippen molar-refractivity contribution in [1.82, 2.24) is 9.88 Å². The van der Waals surface area contributed by atoms with Gasteiger partial charge in [-0.25, -0.2) is 9.38 Å². The number of nitrogens with one attached hydrogen (secondary N) is 2. The van der Waals surface area contributed by atoms with Crippen LogP contribution in [0.25, 0.3) is 11.1 Å². The molecule has 0 spiro atoms. The van der Waals surface area contributed by atoms with Gasteiger partial charge in [-0.05, 0) is 39.1 Å². The number of hydrogen-bond acceptors (Lipinski definition) is 6. The van der Waals surface area contributed by atoms with Crippen LogP contribution in [-0.4, -0.2) is 66.3 Å². The van der Waals surface area contributed by atoms with Crippen molar-refractivity contribution < 1.29 is 27.2 Å². The quantitative estimate of drug-likeness (QED) is 0.570. The lowest BCUT2D eigenvalue weighted by Crippen LogP contribution is -2.55. The number of amides is 2. The zero-order valence-electron chi connectivity index (χ0n) is 21.1. The summed E-state index contributed by atoms with van der Waals surface area (Å²) in [6, 6.07) is 5.36. The molecule has 2 aliphatic heterocycles. The van der Waals surface area contributed by atoms with Gasteiger partial charge in [0.25, 0.3) is 11.5 Å². The normalized spacial score (nSPS) is 21.9. The molecule has 1 unspecified atom stereocenters. The smallest absolute Gasteiger partial charge is 0.367 e. The highest BCUT2D eigenvalue weighted by Gasteiger charge is 2.43. The van der Waals surface area contributed by atoms with Crippen molar-refractivity contribution in [2.45, 2.75) is 32.1 Å². The Hall–Kier alpha value is -4.31. The maximum Gasteiger partial charge on any atom is 0.414 e. The van der Waals surface area contributed by atoms with Gasteiger partial charge in [0.1, 0.15) is 23.4 Å². The number of likely N-dealkylation sites (N-methyl/N-ethyl adjacent to an activating group) is 1. The molecule has 2 aromatic rings. The number of dihydropyridines is 1. The first kappa shape index (κ1) is 27.7. The summed E-state index contributed by atoms with van der Waals surface area (Å²) in [5, 5.41) is 11.7. The molecular weight excluding hydrogens is 520 g/mol. The van der Waals surface area contributed by atoms with Gasteiger partial charge in [0.2, 0.25) is 5.91 Å². The van der Waals surface area contributed by atoms with E-state index in [1.807, 2.05) is 25.8 Å². The van der Waals surface area contributed by atoms with Gasteiger partial charge in [0, 0.05) is 54.8 Å². The number of carbonyl (C=O) groups is 2. The topological polar surface area (TPSA) is 122 Å². The lowest BCUT2D eigenvalue weighted by molar-refractivity contribution is -0.124. The van der Waals surface area contributed by atoms with E-state index in [4.69, 9.17) is 0 Å². The predicted molar refractivity (Wildman–Crippen MR) is 136 cm³/mol. The van der Waals surface area contributed by atoms with Crippen molar-refractivity contribution in [3.8, 4) is 17.2 Å². The SMILES string of the molecule is C[C@@H]1CN(c2cc(F)c(-c3c[nH]c(=O)c(C#N)c3)cc2NC(=O)C2C=NC(=O)C=C2C(F)(F)F)C[C@H](C)N1C. The Kier molecular flexibility index (Phi) is 7.43. The first-order chi connectivity index (χ1) is 18.3. The van der Waals surface area contributed by atoms with Crippen LogP contribution >= 0.6 is 0 Å². The molecule has 1 saturated heterocycles. The van der Waals surface area contributed by atoms with Crippen LogP contribution in [0.4, 0.5) is 28.9 Å². The molecule has 1 aromatic heterocycles. The molecule has 4 rings (SSSR count). The highest BCUT2D eigenvalue weighted by atomic mass is 19.4. The molecule has 3 atom stereocenters. The maximum absolute atomic E-state index is 15.5. The summed E-state index contributed by atoms with van der Waals surface area (Å²) in [7, 11) is 1.94. The highest BCUT2D eigenvalue weighted by molar-refractivity contribution is 6.11. The minimum atomic E-state index is -4.97. The van der Waals surface area contributed by atoms with E-state index in [1.54, 1.807) is 6.07 Å². The molecule has 3 heterocycles. The number of piperazine rings is 1. The third-order valence-electron chi connectivity index (χ3n) is 6.95. The number of alkyl halides is 3. The fourth-order valence-corrected chi connectivity index (χ4v) is 4.64. The summed E-state index contributed by atoms with van der Waals surface area (Å²) >= 11 is 0. The number of nitriles is 1. The standard InChI is InChI=1S/C26H24F4N6O3/c1-13-11-36(12-14(2)35(13)3)22-7-20(27)17(16-4-15(8-31)24(38)33-9-16)5-21(22)34-25(39)18-10-32-23(37)6-19(18)26(28,29)30/h4-7,9-10,13-14,18H,11-12H2,1-3H3,(H,33,38)(H,34,39)/t13-,14+,18?. The number of hydrogen-bond donors (Lipinski definition) is 2. The van der Waals surface area contributed by atoms with E-state index in [1.165, 1.54) is 18.3 Å². The molecule has 2 amide bonds. The van der Waals surface area contributed by atoms with Crippen LogP contribution in [0.3, 0.4) is 0 Å². The van der Waals surface area contributed by atoms with Gasteiger partial charge in [-0.1, -0.05) is 0 Å². The Morgan fingerprint density at radius 1 is 1.18 bits per heavy atom. The van der Waals surface area contributed by atoms with E-state index in [2.05, 4.69) is 20.2 Å². The lowest BCUT2D eigenvalue weighted by atomic mass is 9.95. The number of benzene rings is 1. The molecule has 2 aliphatic rings. The van der Waals surface area contributed by atoms with Crippen molar-refractivity contribution >= 4 is 29.4 Å². The molecule has 0 saturated carbocycles. The third-order valence-corrected chi connectivity index (χ3v) is 6.95. The summed E-state index contributed by atoms with van der Waals surface area (Å²) < 4.78 is 56.3. The van der Waals surface area contributed by atoms with Gasteiger partial charge < -0.3 is 15.2 Å². The highest BCUT2D eigenvalue weighted by Crippen LogP contribution is 2.38. The van der Waals surface area contributed by atoms with Crippen molar-refractivity contribution in [3.63, 3.8) is 0 Å². The second kappa shape index (κ2) is 10.5. The Bertz CT molecular complexity index is 1480. The van der Waals surface area contributed by atoms with Gasteiger partial charge >= 0.3 is 6.18 Å². The summed E-state index contributed by atoms with van der Waals surface area (Å²) in [6.45, 7) is 4.80. The van der Waals surface area contributed by atoms with Crippen LogP contribution in [0.5, 0.6) is 0 Å². The molecule has 0 radical (unpaired) electrons. The van der Waals surface area contributed by atoms with Gasteiger partial charge in [-0.15, -0.1) is 0 Å². The Morgan fingerprint density at radius 2 is 1.85 bits per heavy atom. The van der Waals surface area contributed by atoms with Gasteiger partial charge in [-0.2, -0.15) is 18.4 Å². The van der Waals surface area contributed by atoms with E-state index in [0.29, 0.717) is 19.3 Å². The van der Waals surface area contributed by atoms with Crippen LogP contribution in [0.15, 0.2) is 45.8 Å². The lowest BCUT2D eigenvalue weighted by Gasteiger charge is -2.44. The minimum Gasteiger partial charge on any atom is -0.367 e. The summed E-state index contributed by atoms with van der Waals surface area (Å²) in [4.78, 5) is 46.1. The molecule has 204 valence electrons. The number of anilines is 2. The Labute approximate surface area is 220 Å². The number of rotatable bonds is 4. The monoisotopic (exact) mass is 544 g/mol. The number of H-pyrrole nitrogens is 1. The van der Waals surface area contributed by atoms with Crippen molar-refractivity contribution in [3.05, 3.63) is 57.8 Å². The number of aliphatic imine (C=N–C) groups is 1. The minimum absolute atomic E-state index is 0.0110. The van der Waals surface area contributed by atoms with E-state index < -0.39 is 40.9 Å². The summed E-state index contributed by atoms with van der Waals surface area (Å²) in [5.74, 6) is -4.91. The molecule has 39 heavy (non-hydrogen) atoms. The number of halogens is 4. The maximum atomic E-state index is 15.5. The van der Waals surface area contributed by atoms with E-state index in [0.717, 1.165) is 6.07 Å². The van der Waals surface area contributed by atoms with Crippen LogP contribution in [0, 0.1) is 23.1 Å². The van der Waals surface area contributed by atoms with Crippen molar-refractivity contribution in [1.29, 1.82) is 5.26 Å². The average Bonchev–Trinajstić information content (AvgIpc) is 2.87. The molecule has 0 aliphatic carbocycles. The molecular formula is C26H24F4N6O3. The molecule has 13 heteroatoms. The third kappa shape index (κ3) is 5.61. The number of aromatic amines is 1. The van der Waals surface area contributed by atoms with E-state index in [9.17, 15) is 32.8 Å². The van der Waals surface area contributed by atoms with Gasteiger partial charge in [0.15, 0.2) is 0 Å². The molecule has 1 fully saturated rings. The van der Waals surface area contributed by atoms with Crippen molar-refractivity contribution in [2.24, 2.45) is 10.9 Å².